The fourth-order valence-electron chi connectivity index (χ4n) is 5.29. The standard InChI is InChI=1S/C25H32N6O/c1-17(32)31-12-10-22-21(16-31)25(26-2)28-24(27-22)18-7-6-11-30(14-18)15-19-13-29(3)23-9-5-4-8-20(19)23/h4-5,8-9,13,18H,6-7,10-12,14-16H2,1-3H3,(H,26,27,28)/t18-/m1/s1. The number of carbonyl (C=O) groups excluding carboxylic acids is 1. The van der Waals surface area contributed by atoms with Gasteiger partial charge in [-0.3, -0.25) is 9.69 Å². The van der Waals surface area contributed by atoms with E-state index in [2.05, 4.69) is 52.3 Å². The number of carbonyl (C=O) groups is 1. The van der Waals surface area contributed by atoms with Gasteiger partial charge in [-0.1, -0.05) is 18.2 Å². The van der Waals surface area contributed by atoms with Gasteiger partial charge in [-0.15, -0.1) is 0 Å². The Hall–Kier alpha value is -2.93. The molecule has 1 N–H and O–H groups in total. The van der Waals surface area contributed by atoms with Crippen molar-refractivity contribution in [3.8, 4) is 0 Å². The molecule has 0 saturated carbocycles. The second kappa shape index (κ2) is 8.54. The van der Waals surface area contributed by atoms with E-state index in [1.807, 2.05) is 11.9 Å². The fraction of sp³-hybridized carbons (Fsp3) is 0.480. The van der Waals surface area contributed by atoms with Gasteiger partial charge in [0.05, 0.1) is 12.2 Å². The number of fused-ring (bicyclic) bond motifs is 2. The van der Waals surface area contributed by atoms with Crippen LogP contribution in [0.3, 0.4) is 0 Å². The SMILES string of the molecule is CNc1nc([C@@H]2CCCN(Cc3cn(C)c4ccccc34)C2)nc2c1CN(C(C)=O)CC2. The third-order valence-corrected chi connectivity index (χ3v) is 7.00. The van der Waals surface area contributed by atoms with Gasteiger partial charge in [0.25, 0.3) is 0 Å². The third kappa shape index (κ3) is 3.86. The second-order valence-corrected chi connectivity index (χ2v) is 9.15. The molecule has 0 spiro atoms. The number of para-hydroxylation sites is 1. The molecule has 0 radical (unpaired) electrons. The molecule has 0 bridgehead atoms. The highest BCUT2D eigenvalue weighted by molar-refractivity contribution is 5.83. The van der Waals surface area contributed by atoms with E-state index in [4.69, 9.17) is 9.97 Å². The van der Waals surface area contributed by atoms with Crippen molar-refractivity contribution >= 4 is 22.6 Å². The van der Waals surface area contributed by atoms with Crippen molar-refractivity contribution in [3.05, 3.63) is 53.1 Å². The molecule has 1 amide bonds. The average Bonchev–Trinajstić information content (AvgIpc) is 3.13. The van der Waals surface area contributed by atoms with E-state index in [0.717, 1.165) is 68.3 Å². The fourth-order valence-corrected chi connectivity index (χ4v) is 5.29. The first-order chi connectivity index (χ1) is 15.5. The van der Waals surface area contributed by atoms with Crippen LogP contribution in [0, 0.1) is 0 Å². The Morgan fingerprint density at radius 1 is 1.22 bits per heavy atom. The maximum Gasteiger partial charge on any atom is 0.219 e. The van der Waals surface area contributed by atoms with Gasteiger partial charge in [-0.25, -0.2) is 9.97 Å². The maximum absolute atomic E-state index is 11.8. The van der Waals surface area contributed by atoms with Crippen molar-refractivity contribution < 1.29 is 4.79 Å². The number of aryl methyl sites for hydroxylation is 1. The molecule has 1 saturated heterocycles. The molecule has 5 rings (SSSR count). The Balaban J connectivity index is 1.37. The number of hydrogen-bond donors (Lipinski definition) is 1. The molecule has 32 heavy (non-hydrogen) atoms. The zero-order valence-corrected chi connectivity index (χ0v) is 19.3. The molecule has 0 unspecified atom stereocenters. The molecule has 2 aliphatic rings. The number of amides is 1. The summed E-state index contributed by atoms with van der Waals surface area (Å²) < 4.78 is 2.22. The van der Waals surface area contributed by atoms with E-state index >= 15 is 0 Å². The minimum atomic E-state index is 0.109. The van der Waals surface area contributed by atoms with Crippen molar-refractivity contribution in [3.63, 3.8) is 0 Å². The zero-order valence-electron chi connectivity index (χ0n) is 19.3. The maximum atomic E-state index is 11.8. The third-order valence-electron chi connectivity index (χ3n) is 7.00. The summed E-state index contributed by atoms with van der Waals surface area (Å²) in [5, 5.41) is 4.60. The molecule has 1 fully saturated rings. The predicted molar refractivity (Wildman–Crippen MR) is 127 cm³/mol. The number of likely N-dealkylation sites (tertiary alicyclic amines) is 1. The normalized spacial score (nSPS) is 19.2. The Morgan fingerprint density at radius 2 is 2.06 bits per heavy atom. The summed E-state index contributed by atoms with van der Waals surface area (Å²) in [6.45, 7) is 6.00. The molecular weight excluding hydrogens is 400 g/mol. The van der Waals surface area contributed by atoms with Crippen LogP contribution in [0.25, 0.3) is 10.9 Å². The lowest BCUT2D eigenvalue weighted by molar-refractivity contribution is -0.129. The van der Waals surface area contributed by atoms with Gasteiger partial charge in [0.1, 0.15) is 11.6 Å². The number of hydrogen-bond acceptors (Lipinski definition) is 5. The molecule has 7 heteroatoms. The summed E-state index contributed by atoms with van der Waals surface area (Å²) in [7, 11) is 4.03. The molecule has 2 aliphatic heterocycles. The Morgan fingerprint density at radius 3 is 2.88 bits per heavy atom. The smallest absolute Gasteiger partial charge is 0.219 e. The summed E-state index contributed by atoms with van der Waals surface area (Å²) in [6, 6.07) is 8.64. The first kappa shape index (κ1) is 20.9. The summed E-state index contributed by atoms with van der Waals surface area (Å²) in [6.07, 6.45) is 5.34. The molecule has 2 aromatic heterocycles. The number of rotatable bonds is 4. The lowest BCUT2D eigenvalue weighted by atomic mass is 9.95. The topological polar surface area (TPSA) is 66.3 Å². The Bertz CT molecular complexity index is 1140. The molecule has 0 aliphatic carbocycles. The predicted octanol–water partition coefficient (Wildman–Crippen LogP) is 3.29. The van der Waals surface area contributed by atoms with E-state index in [9.17, 15) is 4.79 Å². The summed E-state index contributed by atoms with van der Waals surface area (Å²) in [5.74, 6) is 2.27. The quantitative estimate of drug-likeness (QED) is 0.685. The van der Waals surface area contributed by atoms with Crippen molar-refractivity contribution in [1.29, 1.82) is 0 Å². The number of piperidine rings is 1. The summed E-state index contributed by atoms with van der Waals surface area (Å²) in [5.41, 5.74) is 4.84. The first-order valence-corrected chi connectivity index (χ1v) is 11.6. The van der Waals surface area contributed by atoms with Crippen molar-refractivity contribution in [2.24, 2.45) is 7.05 Å². The van der Waals surface area contributed by atoms with E-state index in [1.165, 1.54) is 16.5 Å². The van der Waals surface area contributed by atoms with Gasteiger partial charge in [0.15, 0.2) is 0 Å². The zero-order chi connectivity index (χ0) is 22.2. The van der Waals surface area contributed by atoms with Crippen LogP contribution in [0.15, 0.2) is 30.5 Å². The number of nitrogens with one attached hydrogen (secondary N) is 1. The van der Waals surface area contributed by atoms with Gasteiger partial charge in [0, 0.05) is 75.7 Å². The van der Waals surface area contributed by atoms with Gasteiger partial charge in [0.2, 0.25) is 5.91 Å². The first-order valence-electron chi connectivity index (χ1n) is 11.6. The largest absolute Gasteiger partial charge is 0.373 e. The van der Waals surface area contributed by atoms with Crippen molar-refractivity contribution in [2.45, 2.75) is 45.2 Å². The minimum absolute atomic E-state index is 0.109. The van der Waals surface area contributed by atoms with Crippen LogP contribution in [-0.2, 0) is 31.4 Å². The van der Waals surface area contributed by atoms with Crippen LogP contribution < -0.4 is 5.32 Å². The highest BCUT2D eigenvalue weighted by atomic mass is 16.2. The van der Waals surface area contributed by atoms with Crippen molar-refractivity contribution in [1.82, 2.24) is 24.3 Å². The summed E-state index contributed by atoms with van der Waals surface area (Å²) in [4.78, 5) is 26.2. The van der Waals surface area contributed by atoms with E-state index < -0.39 is 0 Å². The van der Waals surface area contributed by atoms with Gasteiger partial charge in [-0.2, -0.15) is 0 Å². The van der Waals surface area contributed by atoms with Crippen LogP contribution in [0.5, 0.6) is 0 Å². The number of nitrogens with zero attached hydrogens (tertiary/aromatic N) is 5. The van der Waals surface area contributed by atoms with Crippen LogP contribution >= 0.6 is 0 Å². The Kier molecular flexibility index (Phi) is 5.59. The van der Waals surface area contributed by atoms with E-state index in [1.54, 1.807) is 6.92 Å². The van der Waals surface area contributed by atoms with Gasteiger partial charge >= 0.3 is 0 Å². The van der Waals surface area contributed by atoms with Gasteiger partial charge < -0.3 is 14.8 Å². The van der Waals surface area contributed by atoms with Gasteiger partial charge in [-0.05, 0) is 31.0 Å². The average molecular weight is 433 g/mol. The molecule has 3 aromatic rings. The molecule has 4 heterocycles. The second-order valence-electron chi connectivity index (χ2n) is 9.15. The van der Waals surface area contributed by atoms with Crippen LogP contribution in [-0.4, -0.2) is 56.9 Å². The lowest BCUT2D eigenvalue weighted by Crippen LogP contribution is -2.37. The Labute approximate surface area is 189 Å². The lowest BCUT2D eigenvalue weighted by Gasteiger charge is -2.33. The number of anilines is 1. The highest BCUT2D eigenvalue weighted by Gasteiger charge is 2.28. The summed E-state index contributed by atoms with van der Waals surface area (Å²) >= 11 is 0. The van der Waals surface area contributed by atoms with E-state index in [0.29, 0.717) is 12.5 Å². The van der Waals surface area contributed by atoms with Crippen LogP contribution in [0.2, 0.25) is 0 Å². The highest BCUT2D eigenvalue weighted by Crippen LogP contribution is 2.31. The molecular formula is C25H32N6O. The van der Waals surface area contributed by atoms with Crippen LogP contribution in [0.4, 0.5) is 5.82 Å². The minimum Gasteiger partial charge on any atom is -0.373 e. The monoisotopic (exact) mass is 432 g/mol. The molecule has 1 atom stereocenters. The van der Waals surface area contributed by atoms with Crippen molar-refractivity contribution in [2.75, 3.05) is 32.0 Å². The number of benzene rings is 1. The molecule has 7 nitrogen and oxygen atoms in total. The molecule has 168 valence electrons. The van der Waals surface area contributed by atoms with Crippen LogP contribution in [0.1, 0.15) is 48.3 Å². The van der Waals surface area contributed by atoms with E-state index in [-0.39, 0.29) is 5.91 Å². The number of aromatic nitrogens is 3. The molecule has 1 aromatic carbocycles.